The van der Waals surface area contributed by atoms with Crippen LogP contribution in [0.2, 0.25) is 0 Å². The maximum atomic E-state index is 11.3. The van der Waals surface area contributed by atoms with Crippen molar-refractivity contribution in [2.75, 3.05) is 6.61 Å². The Morgan fingerprint density at radius 3 is 2.59 bits per heavy atom. The predicted octanol–water partition coefficient (Wildman–Crippen LogP) is 0.690. The monoisotopic (exact) mass is 240 g/mol. The summed E-state index contributed by atoms with van der Waals surface area (Å²) in [5, 5.41) is 12.9. The van der Waals surface area contributed by atoms with E-state index in [0.717, 1.165) is 0 Å². The van der Waals surface area contributed by atoms with Gasteiger partial charge in [0.25, 0.3) is 0 Å². The molecule has 1 N–H and O–H groups in total. The number of carboxylic acids is 1. The van der Waals surface area contributed by atoms with Crippen molar-refractivity contribution in [2.45, 2.75) is 33.7 Å². The minimum Gasteiger partial charge on any atom is -0.481 e. The van der Waals surface area contributed by atoms with Crippen molar-refractivity contribution in [3.05, 3.63) is 17.0 Å². The normalized spacial score (nSPS) is 10.3. The van der Waals surface area contributed by atoms with Crippen LogP contribution in [0.5, 0.6) is 0 Å². The second-order valence-corrected chi connectivity index (χ2v) is 3.68. The number of aromatic nitrogens is 2. The third kappa shape index (κ3) is 3.30. The number of carbonyl (C=O) groups is 2. The average molecular weight is 240 g/mol. The lowest BCUT2D eigenvalue weighted by Crippen LogP contribution is -2.15. The Balaban J connectivity index is 2.88. The van der Waals surface area contributed by atoms with E-state index in [4.69, 9.17) is 9.84 Å². The van der Waals surface area contributed by atoms with Gasteiger partial charge in [-0.2, -0.15) is 5.10 Å². The first-order valence-corrected chi connectivity index (χ1v) is 5.36. The molecule has 0 atom stereocenters. The highest BCUT2D eigenvalue weighted by Crippen LogP contribution is 2.13. The Morgan fingerprint density at radius 2 is 2.06 bits per heavy atom. The van der Waals surface area contributed by atoms with Crippen molar-refractivity contribution >= 4 is 11.9 Å². The molecule has 1 aromatic rings. The van der Waals surface area contributed by atoms with Crippen LogP contribution in [0.15, 0.2) is 0 Å². The molecule has 0 aliphatic heterocycles. The maximum absolute atomic E-state index is 11.3. The van der Waals surface area contributed by atoms with Crippen molar-refractivity contribution in [2.24, 2.45) is 0 Å². The number of ether oxygens (including phenoxy) is 1. The van der Waals surface area contributed by atoms with E-state index in [9.17, 15) is 9.59 Å². The number of carboxylic acid groups (broad SMARTS) is 1. The van der Waals surface area contributed by atoms with Crippen LogP contribution in [0, 0.1) is 13.8 Å². The molecule has 6 heteroatoms. The van der Waals surface area contributed by atoms with E-state index in [-0.39, 0.29) is 18.9 Å². The summed E-state index contributed by atoms with van der Waals surface area (Å²) < 4.78 is 6.29. The zero-order chi connectivity index (χ0) is 13.0. The van der Waals surface area contributed by atoms with Crippen LogP contribution in [0.25, 0.3) is 0 Å². The van der Waals surface area contributed by atoms with Crippen molar-refractivity contribution < 1.29 is 19.4 Å². The number of esters is 1. The number of hydrogen-bond donors (Lipinski definition) is 1. The molecule has 1 aromatic heterocycles. The van der Waals surface area contributed by atoms with E-state index in [1.165, 1.54) is 4.68 Å². The molecule has 0 aliphatic rings. The largest absolute Gasteiger partial charge is 0.481 e. The smallest absolute Gasteiger partial charge is 0.327 e. The molecule has 0 aliphatic carbocycles. The van der Waals surface area contributed by atoms with Gasteiger partial charge in [-0.25, -0.2) is 0 Å². The fourth-order valence-corrected chi connectivity index (χ4v) is 1.62. The highest BCUT2D eigenvalue weighted by molar-refractivity contribution is 5.71. The van der Waals surface area contributed by atoms with Gasteiger partial charge in [0.05, 0.1) is 18.7 Å². The highest BCUT2D eigenvalue weighted by atomic mass is 16.5. The van der Waals surface area contributed by atoms with E-state index >= 15 is 0 Å². The lowest BCUT2D eigenvalue weighted by molar-refractivity contribution is -0.144. The molecular weight excluding hydrogens is 224 g/mol. The first-order valence-electron chi connectivity index (χ1n) is 5.36. The van der Waals surface area contributed by atoms with Crippen LogP contribution in [-0.4, -0.2) is 33.4 Å². The number of aryl methyl sites for hydroxylation is 1. The summed E-state index contributed by atoms with van der Waals surface area (Å²) in [5.41, 5.74) is 1.98. The summed E-state index contributed by atoms with van der Waals surface area (Å²) in [4.78, 5) is 22.0. The molecule has 0 aromatic carbocycles. The number of nitrogens with zero attached hydrogens (tertiary/aromatic N) is 2. The van der Waals surface area contributed by atoms with Crippen molar-refractivity contribution in [3.63, 3.8) is 0 Å². The maximum Gasteiger partial charge on any atom is 0.327 e. The molecule has 0 fully saturated rings. The Labute approximate surface area is 99.2 Å². The number of carbonyl (C=O) groups excluding carboxylic acids is 1. The summed E-state index contributed by atoms with van der Waals surface area (Å²) in [7, 11) is 0. The zero-order valence-electron chi connectivity index (χ0n) is 10.2. The standard InChI is InChI=1S/C11H16N2O4/c1-4-17-11(16)6-13-8(3)9(5-10(14)15)7(2)12-13/h4-6H2,1-3H3,(H,14,15). The molecule has 0 bridgehead atoms. The zero-order valence-corrected chi connectivity index (χ0v) is 10.2. The van der Waals surface area contributed by atoms with E-state index in [2.05, 4.69) is 5.10 Å². The van der Waals surface area contributed by atoms with Crippen molar-refractivity contribution in [3.8, 4) is 0 Å². The Hall–Kier alpha value is -1.85. The fourth-order valence-electron chi connectivity index (χ4n) is 1.62. The first-order chi connectivity index (χ1) is 7.95. The van der Waals surface area contributed by atoms with Crippen LogP contribution in [0.1, 0.15) is 23.9 Å². The molecular formula is C11H16N2O4. The van der Waals surface area contributed by atoms with Gasteiger partial charge in [0, 0.05) is 11.3 Å². The van der Waals surface area contributed by atoms with Gasteiger partial charge in [0.15, 0.2) is 0 Å². The molecule has 0 unspecified atom stereocenters. The van der Waals surface area contributed by atoms with Crippen LogP contribution >= 0.6 is 0 Å². The van der Waals surface area contributed by atoms with E-state index in [1.54, 1.807) is 20.8 Å². The number of aliphatic carboxylic acids is 1. The van der Waals surface area contributed by atoms with Gasteiger partial charge in [0.2, 0.25) is 0 Å². The SMILES string of the molecule is CCOC(=O)Cn1nc(C)c(CC(=O)O)c1C. The van der Waals surface area contributed by atoms with Crippen molar-refractivity contribution in [1.29, 1.82) is 0 Å². The van der Waals surface area contributed by atoms with E-state index < -0.39 is 5.97 Å². The lowest BCUT2D eigenvalue weighted by atomic mass is 10.1. The molecule has 1 heterocycles. The summed E-state index contributed by atoms with van der Waals surface area (Å²) >= 11 is 0. The molecule has 17 heavy (non-hydrogen) atoms. The highest BCUT2D eigenvalue weighted by Gasteiger charge is 2.16. The predicted molar refractivity (Wildman–Crippen MR) is 59.7 cm³/mol. The van der Waals surface area contributed by atoms with Gasteiger partial charge >= 0.3 is 11.9 Å². The molecule has 0 saturated heterocycles. The van der Waals surface area contributed by atoms with Crippen LogP contribution in [-0.2, 0) is 27.3 Å². The first kappa shape index (κ1) is 13.2. The minimum absolute atomic E-state index is 0.0140. The summed E-state index contributed by atoms with van der Waals surface area (Å²) in [6.45, 7) is 5.54. The second-order valence-electron chi connectivity index (χ2n) is 3.68. The van der Waals surface area contributed by atoms with Gasteiger partial charge in [0.1, 0.15) is 6.54 Å². The van der Waals surface area contributed by atoms with Crippen LogP contribution in [0.4, 0.5) is 0 Å². The number of rotatable bonds is 5. The van der Waals surface area contributed by atoms with Crippen molar-refractivity contribution in [1.82, 2.24) is 9.78 Å². The number of hydrogen-bond acceptors (Lipinski definition) is 4. The fraction of sp³-hybridized carbons (Fsp3) is 0.545. The third-order valence-electron chi connectivity index (χ3n) is 2.44. The van der Waals surface area contributed by atoms with Gasteiger partial charge < -0.3 is 9.84 Å². The third-order valence-corrected chi connectivity index (χ3v) is 2.44. The van der Waals surface area contributed by atoms with Crippen LogP contribution in [0.3, 0.4) is 0 Å². The molecule has 0 radical (unpaired) electrons. The summed E-state index contributed by atoms with van der Waals surface area (Å²) in [5.74, 6) is -1.29. The summed E-state index contributed by atoms with van der Waals surface area (Å²) in [6, 6.07) is 0. The minimum atomic E-state index is -0.910. The van der Waals surface area contributed by atoms with E-state index in [1.807, 2.05) is 0 Å². The molecule has 0 spiro atoms. The Morgan fingerprint density at radius 1 is 1.41 bits per heavy atom. The second kappa shape index (κ2) is 5.47. The Bertz CT molecular complexity index is 437. The Kier molecular flexibility index (Phi) is 4.25. The van der Waals surface area contributed by atoms with Gasteiger partial charge in [-0.15, -0.1) is 0 Å². The molecule has 6 nitrogen and oxygen atoms in total. The summed E-state index contributed by atoms with van der Waals surface area (Å²) in [6.07, 6.45) is -0.0828. The molecule has 1 rings (SSSR count). The van der Waals surface area contributed by atoms with Gasteiger partial charge in [-0.3, -0.25) is 14.3 Å². The van der Waals surface area contributed by atoms with E-state index in [0.29, 0.717) is 23.6 Å². The van der Waals surface area contributed by atoms with Gasteiger partial charge in [-0.1, -0.05) is 0 Å². The lowest BCUT2D eigenvalue weighted by Gasteiger charge is -2.04. The molecule has 0 amide bonds. The molecule has 0 saturated carbocycles. The quantitative estimate of drug-likeness (QED) is 0.766. The molecule has 94 valence electrons. The average Bonchev–Trinajstić information content (AvgIpc) is 2.46. The van der Waals surface area contributed by atoms with Gasteiger partial charge in [-0.05, 0) is 20.8 Å². The van der Waals surface area contributed by atoms with Crippen LogP contribution < -0.4 is 0 Å². The topological polar surface area (TPSA) is 81.4 Å².